The molecular weight excluding hydrogens is 573 g/mol. The molecule has 0 N–H and O–H groups in total. The largest absolute Gasteiger partial charge is 0.598 e. The molecule has 0 aromatic heterocycles. The highest BCUT2D eigenvalue weighted by Gasteiger charge is 2.33. The van der Waals surface area contributed by atoms with Crippen LogP contribution < -0.4 is 9.31 Å². The van der Waals surface area contributed by atoms with Gasteiger partial charge >= 0.3 is 7.12 Å². The molecule has 0 aliphatic carbocycles. The molecule has 28 heavy (non-hydrogen) atoms. The van der Waals surface area contributed by atoms with Crippen LogP contribution in [0.4, 0.5) is 0 Å². The SMILES string of the molecule is C=CCB1Oc2c(I)cc3ccccc3c2-c2c(c(I)cc3ccccc23)O1. The van der Waals surface area contributed by atoms with Gasteiger partial charge in [0.05, 0.1) is 7.14 Å². The van der Waals surface area contributed by atoms with Gasteiger partial charge in [0.2, 0.25) is 0 Å². The average molecular weight is 588 g/mol. The third-order valence-electron chi connectivity index (χ3n) is 5.02. The highest BCUT2D eigenvalue weighted by atomic mass is 127. The van der Waals surface area contributed by atoms with Crippen molar-refractivity contribution in [1.29, 1.82) is 0 Å². The Morgan fingerprint density at radius 2 is 1.25 bits per heavy atom. The predicted octanol–water partition coefficient (Wildman–Crippen LogP) is 7.31. The van der Waals surface area contributed by atoms with Crippen LogP contribution in [0.15, 0.2) is 73.3 Å². The summed E-state index contributed by atoms with van der Waals surface area (Å²) in [7, 11) is -0.401. The summed E-state index contributed by atoms with van der Waals surface area (Å²) in [6.45, 7) is 3.88. The van der Waals surface area contributed by atoms with E-state index in [4.69, 9.17) is 9.31 Å². The van der Waals surface area contributed by atoms with E-state index in [0.29, 0.717) is 6.32 Å². The number of benzene rings is 4. The monoisotopic (exact) mass is 588 g/mol. The topological polar surface area (TPSA) is 18.5 Å². The maximum Gasteiger partial charge on any atom is 0.598 e. The van der Waals surface area contributed by atoms with Crippen molar-refractivity contribution in [1.82, 2.24) is 0 Å². The van der Waals surface area contributed by atoms with E-state index >= 15 is 0 Å². The molecule has 1 aliphatic rings. The summed E-state index contributed by atoms with van der Waals surface area (Å²) in [6.07, 6.45) is 2.46. The van der Waals surface area contributed by atoms with Crippen molar-refractivity contribution in [3.63, 3.8) is 0 Å². The lowest BCUT2D eigenvalue weighted by Crippen LogP contribution is -2.28. The summed E-state index contributed by atoms with van der Waals surface area (Å²) in [5, 5.41) is 4.75. The number of fused-ring (bicyclic) bond motifs is 7. The molecule has 0 bridgehead atoms. The number of halogens is 2. The van der Waals surface area contributed by atoms with Gasteiger partial charge in [-0.05, 0) is 78.9 Å². The van der Waals surface area contributed by atoms with Gasteiger partial charge in [-0.2, -0.15) is 0 Å². The van der Waals surface area contributed by atoms with Crippen LogP contribution in [-0.2, 0) is 0 Å². The van der Waals surface area contributed by atoms with E-state index in [9.17, 15) is 0 Å². The minimum Gasteiger partial charge on any atom is -0.524 e. The van der Waals surface area contributed by atoms with Crippen molar-refractivity contribution in [3.05, 3.63) is 80.5 Å². The minimum absolute atomic E-state index is 0.401. The fourth-order valence-electron chi connectivity index (χ4n) is 3.83. The average Bonchev–Trinajstić information content (AvgIpc) is 2.87. The summed E-state index contributed by atoms with van der Waals surface area (Å²) in [5.74, 6) is 1.77. The molecule has 0 unspecified atom stereocenters. The first-order valence-electron chi connectivity index (χ1n) is 9.04. The van der Waals surface area contributed by atoms with Gasteiger partial charge in [-0.25, -0.2) is 0 Å². The Labute approximate surface area is 191 Å². The first kappa shape index (κ1) is 18.3. The van der Waals surface area contributed by atoms with E-state index in [1.165, 1.54) is 21.5 Å². The molecule has 4 aromatic carbocycles. The molecule has 0 saturated carbocycles. The van der Waals surface area contributed by atoms with Crippen LogP contribution in [0, 0.1) is 7.14 Å². The quantitative estimate of drug-likeness (QED) is 0.139. The number of allylic oxidation sites excluding steroid dienone is 1. The Morgan fingerprint density at radius 1 is 0.786 bits per heavy atom. The Morgan fingerprint density at radius 3 is 1.71 bits per heavy atom. The van der Waals surface area contributed by atoms with Crippen molar-refractivity contribution < 1.29 is 9.31 Å². The Balaban J connectivity index is 1.99. The second kappa shape index (κ2) is 7.26. The van der Waals surface area contributed by atoms with E-state index < -0.39 is 7.12 Å². The summed E-state index contributed by atoms with van der Waals surface area (Å²) in [4.78, 5) is 0. The first-order chi connectivity index (χ1) is 13.7. The zero-order valence-corrected chi connectivity index (χ0v) is 19.2. The number of hydrogen-bond acceptors (Lipinski definition) is 2. The van der Waals surface area contributed by atoms with Crippen LogP contribution in [0.2, 0.25) is 6.32 Å². The Kier molecular flexibility index (Phi) is 4.75. The molecule has 0 fully saturated rings. The summed E-state index contributed by atoms with van der Waals surface area (Å²) < 4.78 is 15.0. The fourth-order valence-corrected chi connectivity index (χ4v) is 5.30. The number of hydrogen-bond donors (Lipinski definition) is 0. The predicted molar refractivity (Wildman–Crippen MR) is 134 cm³/mol. The molecule has 136 valence electrons. The van der Waals surface area contributed by atoms with Gasteiger partial charge in [-0.3, -0.25) is 0 Å². The summed E-state index contributed by atoms with van der Waals surface area (Å²) >= 11 is 4.74. The minimum atomic E-state index is -0.401. The van der Waals surface area contributed by atoms with Gasteiger partial charge in [0, 0.05) is 17.4 Å². The van der Waals surface area contributed by atoms with Crippen LogP contribution >= 0.6 is 45.2 Å². The molecule has 1 aliphatic heterocycles. The van der Waals surface area contributed by atoms with Crippen LogP contribution in [-0.4, -0.2) is 7.12 Å². The highest BCUT2D eigenvalue weighted by molar-refractivity contribution is 14.1. The summed E-state index contributed by atoms with van der Waals surface area (Å²) in [5.41, 5.74) is 2.22. The Bertz CT molecular complexity index is 1160. The van der Waals surface area contributed by atoms with Crippen molar-refractivity contribution in [3.8, 4) is 22.6 Å². The molecule has 0 spiro atoms. The smallest absolute Gasteiger partial charge is 0.524 e. The molecule has 1 heterocycles. The number of rotatable bonds is 2. The third kappa shape index (κ3) is 2.90. The lowest BCUT2D eigenvalue weighted by Gasteiger charge is -2.16. The van der Waals surface area contributed by atoms with Crippen molar-refractivity contribution in [2.75, 3.05) is 0 Å². The maximum absolute atomic E-state index is 6.42. The van der Waals surface area contributed by atoms with E-state index in [0.717, 1.165) is 29.8 Å². The van der Waals surface area contributed by atoms with E-state index in [1.54, 1.807) is 0 Å². The first-order valence-corrected chi connectivity index (χ1v) is 11.2. The van der Waals surface area contributed by atoms with Gasteiger partial charge in [0.1, 0.15) is 11.5 Å². The third-order valence-corrected chi connectivity index (χ3v) is 6.62. The van der Waals surface area contributed by atoms with Gasteiger partial charge < -0.3 is 9.31 Å². The molecule has 5 rings (SSSR count). The van der Waals surface area contributed by atoms with Crippen molar-refractivity contribution in [2.24, 2.45) is 0 Å². The van der Waals surface area contributed by atoms with Gasteiger partial charge in [-0.15, -0.1) is 6.58 Å². The zero-order valence-electron chi connectivity index (χ0n) is 14.9. The van der Waals surface area contributed by atoms with Crippen molar-refractivity contribution in [2.45, 2.75) is 6.32 Å². The zero-order chi connectivity index (χ0) is 19.3. The molecular formula is C23H15BI2O2. The molecule has 0 atom stereocenters. The van der Waals surface area contributed by atoms with Crippen LogP contribution in [0.3, 0.4) is 0 Å². The normalized spacial score (nSPS) is 12.7. The van der Waals surface area contributed by atoms with Crippen molar-refractivity contribution >= 4 is 73.8 Å². The van der Waals surface area contributed by atoms with E-state index in [1.807, 2.05) is 6.08 Å². The maximum atomic E-state index is 6.42. The lowest BCUT2D eigenvalue weighted by molar-refractivity contribution is 0.431. The highest BCUT2D eigenvalue weighted by Crippen LogP contribution is 2.50. The van der Waals surface area contributed by atoms with Crippen LogP contribution in [0.5, 0.6) is 11.5 Å². The molecule has 0 radical (unpaired) electrons. The lowest BCUT2D eigenvalue weighted by atomic mass is 9.84. The van der Waals surface area contributed by atoms with Gasteiger partial charge in [0.15, 0.2) is 0 Å². The standard InChI is InChI=1S/C23H15BI2O2/c1-2-11-24-27-22-18(25)12-14-7-3-5-9-16(14)20(22)21-17-10-6-4-8-15(17)13-19(26)23(21)28-24/h2-10,12-13H,1,11H2. The van der Waals surface area contributed by atoms with E-state index in [-0.39, 0.29) is 0 Å². The van der Waals surface area contributed by atoms with Gasteiger partial charge in [0.25, 0.3) is 0 Å². The fraction of sp³-hybridized carbons (Fsp3) is 0.0435. The second-order valence-electron chi connectivity index (χ2n) is 6.76. The summed E-state index contributed by atoms with van der Waals surface area (Å²) in [6, 6.07) is 21.3. The molecule has 2 nitrogen and oxygen atoms in total. The van der Waals surface area contributed by atoms with E-state index in [2.05, 4.69) is 112 Å². The Hall–Kier alpha value is -1.74. The van der Waals surface area contributed by atoms with Crippen LogP contribution in [0.25, 0.3) is 32.7 Å². The molecule has 0 saturated heterocycles. The van der Waals surface area contributed by atoms with Crippen LogP contribution in [0.1, 0.15) is 0 Å². The second-order valence-corrected chi connectivity index (χ2v) is 9.08. The molecule has 5 heteroatoms. The molecule has 0 amide bonds. The van der Waals surface area contributed by atoms with Gasteiger partial charge in [-0.1, -0.05) is 54.6 Å². The molecule has 4 aromatic rings.